The van der Waals surface area contributed by atoms with Crippen LogP contribution in [0.3, 0.4) is 0 Å². The fraction of sp³-hybridized carbons (Fsp3) is 0.421. The van der Waals surface area contributed by atoms with E-state index in [0.717, 1.165) is 6.42 Å². The lowest BCUT2D eigenvalue weighted by atomic mass is 10.0. The van der Waals surface area contributed by atoms with Gasteiger partial charge in [-0.25, -0.2) is 0 Å². The van der Waals surface area contributed by atoms with E-state index in [1.54, 1.807) is 41.7 Å². The Hall–Kier alpha value is -2.38. The number of aromatic nitrogens is 2. The van der Waals surface area contributed by atoms with Crippen molar-refractivity contribution in [2.45, 2.75) is 25.2 Å². The van der Waals surface area contributed by atoms with Crippen LogP contribution in [0.1, 0.15) is 6.42 Å². The third-order valence-corrected chi connectivity index (χ3v) is 5.19. The number of ether oxygens (including phenoxy) is 2. The summed E-state index contributed by atoms with van der Waals surface area (Å²) >= 11 is 5.90. The quantitative estimate of drug-likeness (QED) is 0.776. The molecule has 3 atom stereocenters. The molecule has 27 heavy (non-hydrogen) atoms. The summed E-state index contributed by atoms with van der Waals surface area (Å²) in [4.78, 5) is 30.0. The van der Waals surface area contributed by atoms with Crippen molar-refractivity contribution in [2.24, 2.45) is 5.92 Å². The monoisotopic (exact) mass is 389 g/mol. The lowest BCUT2D eigenvalue weighted by Crippen LogP contribution is -2.36. The molecule has 2 saturated heterocycles. The first-order chi connectivity index (χ1) is 13.1. The van der Waals surface area contributed by atoms with Crippen molar-refractivity contribution in [3.05, 3.63) is 58.2 Å². The van der Waals surface area contributed by atoms with E-state index < -0.39 is 0 Å². The molecule has 2 fully saturated rings. The Morgan fingerprint density at radius 1 is 1.33 bits per heavy atom. The second-order valence-corrected chi connectivity index (χ2v) is 7.34. The standard InChI is InChI=1S/C19H20ClN3O4/c20-14-6-15(8-21-7-14)26-12-16-5-13-9-23(10-17(13)27-16)19(25)11-22-4-2-1-3-18(22)24/h1-4,6-8,13,16-17H,5,9-12H2/t13-,16-,17+/m0/s1. The van der Waals surface area contributed by atoms with Crippen molar-refractivity contribution in [2.75, 3.05) is 19.7 Å². The van der Waals surface area contributed by atoms with Crippen LogP contribution in [0, 0.1) is 5.92 Å². The van der Waals surface area contributed by atoms with Crippen molar-refractivity contribution in [1.29, 1.82) is 0 Å². The number of hydrogen-bond donors (Lipinski definition) is 0. The highest BCUT2D eigenvalue weighted by molar-refractivity contribution is 6.30. The lowest BCUT2D eigenvalue weighted by Gasteiger charge is -2.20. The van der Waals surface area contributed by atoms with Gasteiger partial charge in [0, 0.05) is 43.5 Å². The number of halogens is 1. The highest BCUT2D eigenvalue weighted by Crippen LogP contribution is 2.33. The first-order valence-electron chi connectivity index (χ1n) is 8.90. The molecule has 0 spiro atoms. The Bertz CT molecular complexity index is 873. The van der Waals surface area contributed by atoms with Crippen LogP contribution in [0.25, 0.3) is 0 Å². The number of carbonyl (C=O) groups excluding carboxylic acids is 1. The van der Waals surface area contributed by atoms with E-state index in [-0.39, 0.29) is 30.2 Å². The van der Waals surface area contributed by atoms with Gasteiger partial charge in [-0.1, -0.05) is 17.7 Å². The van der Waals surface area contributed by atoms with Gasteiger partial charge in [-0.05, 0) is 12.5 Å². The van der Waals surface area contributed by atoms with E-state index in [1.807, 2.05) is 0 Å². The molecule has 0 bridgehead atoms. The van der Waals surface area contributed by atoms with Crippen LogP contribution in [0.5, 0.6) is 5.75 Å². The fourth-order valence-electron chi connectivity index (χ4n) is 3.67. The topological polar surface area (TPSA) is 73.7 Å². The van der Waals surface area contributed by atoms with E-state index in [2.05, 4.69) is 4.98 Å². The summed E-state index contributed by atoms with van der Waals surface area (Å²) in [6.07, 6.45) is 5.66. The molecule has 0 N–H and O–H groups in total. The molecule has 142 valence electrons. The third-order valence-electron chi connectivity index (χ3n) is 4.99. The summed E-state index contributed by atoms with van der Waals surface area (Å²) in [5.74, 6) is 0.861. The zero-order chi connectivity index (χ0) is 18.8. The summed E-state index contributed by atoms with van der Waals surface area (Å²) in [5.41, 5.74) is -0.172. The van der Waals surface area contributed by atoms with E-state index in [9.17, 15) is 9.59 Å². The summed E-state index contributed by atoms with van der Waals surface area (Å²) in [7, 11) is 0. The van der Waals surface area contributed by atoms with Gasteiger partial charge in [0.25, 0.3) is 5.56 Å². The molecule has 2 aliphatic heterocycles. The van der Waals surface area contributed by atoms with Crippen molar-refractivity contribution < 1.29 is 14.3 Å². The van der Waals surface area contributed by atoms with Crippen LogP contribution in [-0.2, 0) is 16.1 Å². The van der Waals surface area contributed by atoms with Crippen molar-refractivity contribution in [1.82, 2.24) is 14.5 Å². The molecule has 4 rings (SSSR count). The van der Waals surface area contributed by atoms with Gasteiger partial charge < -0.3 is 18.9 Å². The van der Waals surface area contributed by atoms with E-state index >= 15 is 0 Å². The molecule has 0 unspecified atom stereocenters. The van der Waals surface area contributed by atoms with E-state index in [1.165, 1.54) is 10.6 Å². The molecule has 1 amide bonds. The second kappa shape index (κ2) is 7.70. The number of carbonyl (C=O) groups is 1. The van der Waals surface area contributed by atoms with Gasteiger partial charge in [0.05, 0.1) is 23.4 Å². The molecule has 4 heterocycles. The van der Waals surface area contributed by atoms with Gasteiger partial charge in [-0.3, -0.25) is 14.6 Å². The maximum atomic E-state index is 12.5. The number of amides is 1. The fourth-order valence-corrected chi connectivity index (χ4v) is 3.83. The van der Waals surface area contributed by atoms with Gasteiger partial charge in [0.2, 0.25) is 5.91 Å². The van der Waals surface area contributed by atoms with Gasteiger partial charge in [-0.2, -0.15) is 0 Å². The largest absolute Gasteiger partial charge is 0.489 e. The Balaban J connectivity index is 1.27. The summed E-state index contributed by atoms with van der Waals surface area (Å²) < 4.78 is 13.2. The Morgan fingerprint density at radius 3 is 3.00 bits per heavy atom. The van der Waals surface area contributed by atoms with Crippen LogP contribution in [0.15, 0.2) is 47.7 Å². The third kappa shape index (κ3) is 4.14. The number of pyridine rings is 2. The average molecular weight is 390 g/mol. The van der Waals surface area contributed by atoms with Crippen molar-refractivity contribution in [3.8, 4) is 5.75 Å². The molecule has 8 heteroatoms. The van der Waals surface area contributed by atoms with Crippen LogP contribution in [0.2, 0.25) is 5.02 Å². The molecule has 0 aliphatic carbocycles. The van der Waals surface area contributed by atoms with E-state index in [4.69, 9.17) is 21.1 Å². The number of rotatable bonds is 5. The van der Waals surface area contributed by atoms with Crippen LogP contribution < -0.4 is 10.3 Å². The molecule has 0 radical (unpaired) electrons. The van der Waals surface area contributed by atoms with Crippen LogP contribution in [0.4, 0.5) is 0 Å². The van der Waals surface area contributed by atoms with Crippen LogP contribution >= 0.6 is 11.6 Å². The molecular weight excluding hydrogens is 370 g/mol. The molecule has 2 aromatic rings. The van der Waals surface area contributed by atoms with Gasteiger partial charge in [-0.15, -0.1) is 0 Å². The first kappa shape index (κ1) is 18.0. The Labute approximate surface area is 161 Å². The molecule has 2 aliphatic rings. The van der Waals surface area contributed by atoms with Gasteiger partial charge >= 0.3 is 0 Å². The van der Waals surface area contributed by atoms with E-state index in [0.29, 0.717) is 36.4 Å². The maximum Gasteiger partial charge on any atom is 0.250 e. The Morgan fingerprint density at radius 2 is 2.22 bits per heavy atom. The minimum absolute atomic E-state index is 0.00650. The average Bonchev–Trinajstić information content (AvgIpc) is 3.21. The minimum atomic E-state index is -0.172. The second-order valence-electron chi connectivity index (χ2n) is 6.91. The maximum absolute atomic E-state index is 12.5. The number of nitrogens with zero attached hydrogens (tertiary/aromatic N) is 3. The minimum Gasteiger partial charge on any atom is -0.489 e. The molecule has 0 saturated carbocycles. The number of hydrogen-bond acceptors (Lipinski definition) is 5. The molecule has 0 aromatic carbocycles. The lowest BCUT2D eigenvalue weighted by molar-refractivity contribution is -0.131. The highest BCUT2D eigenvalue weighted by Gasteiger charge is 2.43. The highest BCUT2D eigenvalue weighted by atomic mass is 35.5. The Kier molecular flexibility index (Phi) is 5.13. The zero-order valence-corrected chi connectivity index (χ0v) is 15.4. The summed E-state index contributed by atoms with van der Waals surface area (Å²) in [5, 5.41) is 0.531. The van der Waals surface area contributed by atoms with Gasteiger partial charge in [0.15, 0.2) is 0 Å². The molecule has 2 aromatic heterocycles. The summed E-state index contributed by atoms with van der Waals surface area (Å²) in [6.45, 7) is 1.70. The van der Waals surface area contributed by atoms with Gasteiger partial charge in [0.1, 0.15) is 18.9 Å². The van der Waals surface area contributed by atoms with Crippen LogP contribution in [-0.4, -0.2) is 52.3 Å². The van der Waals surface area contributed by atoms with Crippen molar-refractivity contribution in [3.63, 3.8) is 0 Å². The molecule has 7 nitrogen and oxygen atoms in total. The normalized spacial score (nSPS) is 24.0. The number of likely N-dealkylation sites (tertiary alicyclic amines) is 1. The zero-order valence-electron chi connectivity index (χ0n) is 14.7. The number of fused-ring (bicyclic) bond motifs is 1. The van der Waals surface area contributed by atoms with Crippen molar-refractivity contribution >= 4 is 17.5 Å². The predicted molar refractivity (Wildman–Crippen MR) is 98.8 cm³/mol. The molecular formula is C19H20ClN3O4. The first-order valence-corrected chi connectivity index (χ1v) is 9.28. The predicted octanol–water partition coefficient (Wildman–Crippen LogP) is 1.59. The summed E-state index contributed by atoms with van der Waals surface area (Å²) in [6, 6.07) is 6.58. The smallest absolute Gasteiger partial charge is 0.250 e. The SMILES string of the molecule is O=C(Cn1ccccc1=O)N1C[C@@H]2C[C@@H](COc3cncc(Cl)c3)O[C@@H]2C1.